The SMILES string of the molecule is CC(C)NC(N)=NCCc1ccc(OCc2ccccc2)cc1. The first-order valence-electron chi connectivity index (χ1n) is 7.95. The highest BCUT2D eigenvalue weighted by molar-refractivity contribution is 5.78. The molecule has 0 aliphatic heterocycles. The molecule has 0 spiro atoms. The third-order valence-corrected chi connectivity index (χ3v) is 3.29. The van der Waals surface area contributed by atoms with Gasteiger partial charge in [-0.1, -0.05) is 42.5 Å². The molecule has 23 heavy (non-hydrogen) atoms. The molecule has 0 amide bonds. The van der Waals surface area contributed by atoms with Crippen LogP contribution in [-0.4, -0.2) is 18.5 Å². The monoisotopic (exact) mass is 311 g/mol. The molecule has 0 atom stereocenters. The predicted molar refractivity (Wildman–Crippen MR) is 95.7 cm³/mol. The highest BCUT2D eigenvalue weighted by Crippen LogP contribution is 2.14. The first-order valence-corrected chi connectivity index (χ1v) is 7.95. The molecule has 0 radical (unpaired) electrons. The van der Waals surface area contributed by atoms with Gasteiger partial charge in [-0.25, -0.2) is 0 Å². The molecule has 0 aromatic heterocycles. The molecule has 2 aromatic carbocycles. The molecular weight excluding hydrogens is 286 g/mol. The van der Waals surface area contributed by atoms with E-state index in [4.69, 9.17) is 10.5 Å². The first kappa shape index (κ1) is 16.9. The average Bonchev–Trinajstić information content (AvgIpc) is 2.54. The second-order valence-electron chi connectivity index (χ2n) is 5.73. The van der Waals surface area contributed by atoms with Crippen LogP contribution in [0.25, 0.3) is 0 Å². The number of guanidine groups is 1. The normalized spacial score (nSPS) is 11.5. The summed E-state index contributed by atoms with van der Waals surface area (Å²) in [7, 11) is 0. The number of ether oxygens (including phenoxy) is 1. The Morgan fingerprint density at radius 3 is 2.39 bits per heavy atom. The first-order chi connectivity index (χ1) is 11.1. The number of nitrogens with zero attached hydrogens (tertiary/aromatic N) is 1. The summed E-state index contributed by atoms with van der Waals surface area (Å²) < 4.78 is 5.78. The summed E-state index contributed by atoms with van der Waals surface area (Å²) in [5.41, 5.74) is 8.16. The third-order valence-electron chi connectivity index (χ3n) is 3.29. The number of hydrogen-bond acceptors (Lipinski definition) is 2. The number of rotatable bonds is 7. The van der Waals surface area contributed by atoms with E-state index in [2.05, 4.69) is 34.6 Å². The number of hydrogen-bond donors (Lipinski definition) is 2. The summed E-state index contributed by atoms with van der Waals surface area (Å²) in [6.45, 7) is 5.34. The highest BCUT2D eigenvalue weighted by atomic mass is 16.5. The van der Waals surface area contributed by atoms with Crippen molar-refractivity contribution in [3.63, 3.8) is 0 Å². The summed E-state index contributed by atoms with van der Waals surface area (Å²) in [4.78, 5) is 4.31. The van der Waals surface area contributed by atoms with Gasteiger partial charge in [-0.3, -0.25) is 4.99 Å². The Labute approximate surface area is 138 Å². The Balaban J connectivity index is 1.78. The van der Waals surface area contributed by atoms with Crippen LogP contribution in [0.4, 0.5) is 0 Å². The van der Waals surface area contributed by atoms with Crippen molar-refractivity contribution in [2.75, 3.05) is 6.54 Å². The molecule has 122 valence electrons. The summed E-state index contributed by atoms with van der Waals surface area (Å²) in [5.74, 6) is 1.38. The van der Waals surface area contributed by atoms with E-state index in [1.165, 1.54) is 11.1 Å². The van der Waals surface area contributed by atoms with Gasteiger partial charge in [-0.15, -0.1) is 0 Å². The Hall–Kier alpha value is -2.49. The van der Waals surface area contributed by atoms with E-state index in [-0.39, 0.29) is 0 Å². The summed E-state index contributed by atoms with van der Waals surface area (Å²) in [5, 5.41) is 3.08. The Morgan fingerprint density at radius 2 is 1.74 bits per heavy atom. The molecular formula is C19H25N3O. The van der Waals surface area contributed by atoms with Gasteiger partial charge in [0.05, 0.1) is 0 Å². The average molecular weight is 311 g/mol. The van der Waals surface area contributed by atoms with Crippen LogP contribution in [0, 0.1) is 0 Å². The number of nitrogens with two attached hydrogens (primary N) is 1. The molecule has 0 bridgehead atoms. The quantitative estimate of drug-likeness (QED) is 0.610. The maximum Gasteiger partial charge on any atom is 0.188 e. The lowest BCUT2D eigenvalue weighted by molar-refractivity contribution is 0.306. The molecule has 4 nitrogen and oxygen atoms in total. The van der Waals surface area contributed by atoms with Gasteiger partial charge in [0.25, 0.3) is 0 Å². The molecule has 4 heteroatoms. The highest BCUT2D eigenvalue weighted by Gasteiger charge is 1.98. The molecule has 0 aliphatic rings. The van der Waals surface area contributed by atoms with Crippen molar-refractivity contribution in [2.24, 2.45) is 10.7 Å². The maximum absolute atomic E-state index is 5.78. The molecule has 2 rings (SSSR count). The maximum atomic E-state index is 5.78. The topological polar surface area (TPSA) is 59.6 Å². The molecule has 3 N–H and O–H groups in total. The van der Waals surface area contributed by atoms with Crippen molar-refractivity contribution in [3.05, 3.63) is 65.7 Å². The lowest BCUT2D eigenvalue weighted by Crippen LogP contribution is -2.36. The Morgan fingerprint density at radius 1 is 1.04 bits per heavy atom. The van der Waals surface area contributed by atoms with Gasteiger partial charge in [0.15, 0.2) is 5.96 Å². The van der Waals surface area contributed by atoms with Crippen LogP contribution in [-0.2, 0) is 13.0 Å². The molecule has 0 aliphatic carbocycles. The van der Waals surface area contributed by atoms with Crippen LogP contribution in [0.5, 0.6) is 5.75 Å². The molecule has 0 saturated carbocycles. The van der Waals surface area contributed by atoms with Crippen LogP contribution >= 0.6 is 0 Å². The lowest BCUT2D eigenvalue weighted by atomic mass is 10.1. The minimum absolute atomic E-state index is 0.305. The molecule has 0 unspecified atom stereocenters. The predicted octanol–water partition coefficient (Wildman–Crippen LogP) is 3.12. The van der Waals surface area contributed by atoms with Crippen molar-refractivity contribution in [3.8, 4) is 5.75 Å². The summed E-state index contributed by atoms with van der Waals surface area (Å²) >= 11 is 0. The van der Waals surface area contributed by atoms with Crippen molar-refractivity contribution in [1.82, 2.24) is 5.32 Å². The van der Waals surface area contributed by atoms with Crippen molar-refractivity contribution in [1.29, 1.82) is 0 Å². The number of benzene rings is 2. The van der Waals surface area contributed by atoms with Gasteiger partial charge in [0.1, 0.15) is 12.4 Å². The smallest absolute Gasteiger partial charge is 0.188 e. The standard InChI is InChI=1S/C19H25N3O/c1-15(2)22-19(20)21-13-12-16-8-10-18(11-9-16)23-14-17-6-4-3-5-7-17/h3-11,15H,12-14H2,1-2H3,(H3,20,21,22). The van der Waals surface area contributed by atoms with E-state index in [0.717, 1.165) is 12.2 Å². The van der Waals surface area contributed by atoms with E-state index >= 15 is 0 Å². The van der Waals surface area contributed by atoms with Crippen molar-refractivity contribution < 1.29 is 4.74 Å². The van der Waals surface area contributed by atoms with Gasteiger partial charge in [-0.05, 0) is 43.5 Å². The van der Waals surface area contributed by atoms with Crippen LogP contribution in [0.2, 0.25) is 0 Å². The molecule has 2 aromatic rings. The van der Waals surface area contributed by atoms with Gasteiger partial charge in [-0.2, -0.15) is 0 Å². The second kappa shape index (κ2) is 8.83. The van der Waals surface area contributed by atoms with Crippen LogP contribution in [0.15, 0.2) is 59.6 Å². The minimum Gasteiger partial charge on any atom is -0.489 e. The third kappa shape index (κ3) is 6.43. The minimum atomic E-state index is 0.305. The number of aliphatic imine (C=N–C) groups is 1. The fourth-order valence-corrected chi connectivity index (χ4v) is 2.14. The fourth-order valence-electron chi connectivity index (χ4n) is 2.14. The van der Waals surface area contributed by atoms with Gasteiger partial charge in [0, 0.05) is 12.6 Å². The summed E-state index contributed by atoms with van der Waals surface area (Å²) in [6.07, 6.45) is 0.861. The zero-order valence-corrected chi connectivity index (χ0v) is 13.8. The lowest BCUT2D eigenvalue weighted by Gasteiger charge is -2.09. The Kier molecular flexibility index (Phi) is 6.48. The molecule has 0 fully saturated rings. The second-order valence-corrected chi connectivity index (χ2v) is 5.73. The van der Waals surface area contributed by atoms with Gasteiger partial charge < -0.3 is 15.8 Å². The zero-order valence-electron chi connectivity index (χ0n) is 13.8. The Bertz CT molecular complexity index is 606. The molecule has 0 heterocycles. The van der Waals surface area contributed by atoms with E-state index in [1.54, 1.807) is 0 Å². The van der Waals surface area contributed by atoms with Gasteiger partial charge >= 0.3 is 0 Å². The number of nitrogens with one attached hydrogen (secondary N) is 1. The van der Waals surface area contributed by atoms with E-state index in [0.29, 0.717) is 25.2 Å². The largest absolute Gasteiger partial charge is 0.489 e. The fraction of sp³-hybridized carbons (Fsp3) is 0.316. The van der Waals surface area contributed by atoms with Crippen molar-refractivity contribution in [2.45, 2.75) is 32.9 Å². The van der Waals surface area contributed by atoms with Crippen LogP contribution in [0.3, 0.4) is 0 Å². The molecule has 0 saturated heterocycles. The van der Waals surface area contributed by atoms with E-state index in [9.17, 15) is 0 Å². The van der Waals surface area contributed by atoms with Crippen molar-refractivity contribution >= 4 is 5.96 Å². The summed E-state index contributed by atoms with van der Waals surface area (Å²) in [6, 6.07) is 18.6. The van der Waals surface area contributed by atoms with Crippen LogP contribution < -0.4 is 15.8 Å². The van der Waals surface area contributed by atoms with E-state index < -0.39 is 0 Å². The zero-order chi connectivity index (χ0) is 16.5. The van der Waals surface area contributed by atoms with Gasteiger partial charge in [0.2, 0.25) is 0 Å². The van der Waals surface area contributed by atoms with Crippen LogP contribution in [0.1, 0.15) is 25.0 Å². The van der Waals surface area contributed by atoms with E-state index in [1.807, 2.05) is 44.2 Å².